The lowest BCUT2D eigenvalue weighted by Gasteiger charge is -2.12. The van der Waals surface area contributed by atoms with Crippen molar-refractivity contribution in [3.63, 3.8) is 0 Å². The Bertz CT molecular complexity index is 890. The molecule has 1 aromatic heterocycles. The minimum Gasteiger partial charge on any atom is -0.490 e. The molecule has 2 aromatic carbocycles. The Balaban J connectivity index is 1.35. The predicted octanol–water partition coefficient (Wildman–Crippen LogP) is 3.97. The molecule has 2 N–H and O–H groups in total. The second-order valence-corrected chi connectivity index (χ2v) is 7.95. The maximum absolute atomic E-state index is 10.5. The smallest absolute Gasteiger partial charge is 0.226 e. The molecule has 1 saturated heterocycles. The molecule has 1 fully saturated rings. The van der Waals surface area contributed by atoms with E-state index in [1.807, 2.05) is 61.2 Å². The molecular formula is C22H24N2O3S. The lowest BCUT2D eigenvalue weighted by Crippen LogP contribution is -2.25. The van der Waals surface area contributed by atoms with Gasteiger partial charge in [0, 0.05) is 23.2 Å². The Kier molecular flexibility index (Phi) is 6.00. The first-order chi connectivity index (χ1) is 13.7. The van der Waals surface area contributed by atoms with Crippen molar-refractivity contribution >= 4 is 11.8 Å². The Hall–Kier alpha value is -2.28. The molecule has 0 spiro atoms. The van der Waals surface area contributed by atoms with Crippen molar-refractivity contribution in [1.29, 1.82) is 0 Å². The number of ether oxygens (including phenoxy) is 1. The number of hydrogen-bond acceptors (Lipinski definition) is 6. The molecule has 6 heteroatoms. The van der Waals surface area contributed by atoms with Gasteiger partial charge in [-0.3, -0.25) is 0 Å². The second kappa shape index (κ2) is 8.82. The maximum atomic E-state index is 10.5. The first-order valence-corrected chi connectivity index (χ1v) is 10.6. The van der Waals surface area contributed by atoms with Gasteiger partial charge in [-0.05, 0) is 43.2 Å². The quantitative estimate of drug-likeness (QED) is 0.630. The first kappa shape index (κ1) is 19.1. The topological polar surface area (TPSA) is 67.5 Å². The molecule has 2 heterocycles. The van der Waals surface area contributed by atoms with E-state index in [9.17, 15) is 5.11 Å². The van der Waals surface area contributed by atoms with E-state index in [-0.39, 0.29) is 6.61 Å². The van der Waals surface area contributed by atoms with E-state index >= 15 is 0 Å². The average molecular weight is 397 g/mol. The molecule has 0 radical (unpaired) electrons. The van der Waals surface area contributed by atoms with Crippen LogP contribution in [0.3, 0.4) is 0 Å². The predicted molar refractivity (Wildman–Crippen MR) is 112 cm³/mol. The lowest BCUT2D eigenvalue weighted by molar-refractivity contribution is 0.104. The van der Waals surface area contributed by atoms with E-state index in [1.165, 1.54) is 5.56 Å². The fourth-order valence-electron chi connectivity index (χ4n) is 3.25. The molecule has 0 bridgehead atoms. The number of oxazole rings is 1. The highest BCUT2D eigenvalue weighted by Crippen LogP contribution is 2.26. The summed E-state index contributed by atoms with van der Waals surface area (Å²) in [5, 5.41) is 14.0. The fraction of sp³-hybridized carbons (Fsp3) is 0.318. The van der Waals surface area contributed by atoms with E-state index in [0.717, 1.165) is 29.4 Å². The maximum Gasteiger partial charge on any atom is 0.226 e. The summed E-state index contributed by atoms with van der Waals surface area (Å²) in [6, 6.07) is 18.3. The molecule has 0 amide bonds. The third-order valence-electron chi connectivity index (χ3n) is 4.78. The number of hydrogen-bond donors (Lipinski definition) is 2. The van der Waals surface area contributed by atoms with Gasteiger partial charge in [-0.1, -0.05) is 30.3 Å². The van der Waals surface area contributed by atoms with Crippen molar-refractivity contribution in [3.05, 3.63) is 71.6 Å². The highest BCUT2D eigenvalue weighted by molar-refractivity contribution is 7.99. The zero-order valence-corrected chi connectivity index (χ0v) is 16.6. The number of aryl methyl sites for hydroxylation is 1. The summed E-state index contributed by atoms with van der Waals surface area (Å²) >= 11 is 1.94. The van der Waals surface area contributed by atoms with Gasteiger partial charge in [0.15, 0.2) is 0 Å². The van der Waals surface area contributed by atoms with Crippen LogP contribution in [0.4, 0.5) is 0 Å². The van der Waals surface area contributed by atoms with Crippen LogP contribution in [0.1, 0.15) is 23.1 Å². The largest absolute Gasteiger partial charge is 0.490 e. The number of thioether (sulfide) groups is 1. The number of aliphatic hydroxyl groups excluding tert-OH is 1. The Morgan fingerprint density at radius 2 is 2.00 bits per heavy atom. The highest BCUT2D eigenvalue weighted by Gasteiger charge is 2.19. The van der Waals surface area contributed by atoms with Gasteiger partial charge in [0.2, 0.25) is 5.89 Å². The van der Waals surface area contributed by atoms with Gasteiger partial charge in [0.05, 0.1) is 0 Å². The molecule has 1 aliphatic rings. The third-order valence-corrected chi connectivity index (χ3v) is 5.78. The molecule has 1 aliphatic heterocycles. The summed E-state index contributed by atoms with van der Waals surface area (Å²) in [5.41, 5.74) is 2.68. The molecule has 0 saturated carbocycles. The van der Waals surface area contributed by atoms with Crippen LogP contribution in [-0.2, 0) is 6.42 Å². The molecule has 5 nitrogen and oxygen atoms in total. The summed E-state index contributed by atoms with van der Waals surface area (Å²) in [6.45, 7) is 1.93. The normalized spacial score (nSPS) is 17.6. The van der Waals surface area contributed by atoms with Crippen molar-refractivity contribution in [1.82, 2.24) is 10.3 Å². The molecule has 2 atom stereocenters. The number of aliphatic hydroxyl groups is 1. The van der Waals surface area contributed by atoms with E-state index in [1.54, 1.807) is 0 Å². The minimum atomic E-state index is -0.847. The van der Waals surface area contributed by atoms with E-state index in [0.29, 0.717) is 23.4 Å². The molecular weight excluding hydrogens is 372 g/mol. The number of rotatable bonds is 7. The van der Waals surface area contributed by atoms with Crippen LogP contribution in [0.25, 0.3) is 11.5 Å². The molecule has 0 aliphatic carbocycles. The number of benzene rings is 2. The molecule has 2 unspecified atom stereocenters. The van der Waals surface area contributed by atoms with Crippen LogP contribution < -0.4 is 10.1 Å². The number of nitrogens with one attached hydrogen (secondary N) is 1. The summed E-state index contributed by atoms with van der Waals surface area (Å²) in [6.07, 6.45) is 0.177. The van der Waals surface area contributed by atoms with Gasteiger partial charge in [-0.25, -0.2) is 4.98 Å². The molecule has 3 aromatic rings. The first-order valence-electron chi connectivity index (χ1n) is 9.43. The van der Waals surface area contributed by atoms with Crippen molar-refractivity contribution in [2.24, 2.45) is 0 Å². The van der Waals surface area contributed by atoms with Crippen LogP contribution in [0.15, 0.2) is 59.0 Å². The summed E-state index contributed by atoms with van der Waals surface area (Å²) < 4.78 is 11.5. The van der Waals surface area contributed by atoms with Crippen molar-refractivity contribution in [2.75, 3.05) is 18.2 Å². The molecule has 4 rings (SSSR count). The van der Waals surface area contributed by atoms with Gasteiger partial charge in [-0.15, -0.1) is 11.8 Å². The van der Waals surface area contributed by atoms with Crippen molar-refractivity contribution < 1.29 is 14.3 Å². The summed E-state index contributed by atoms with van der Waals surface area (Å²) in [5.74, 6) is 4.05. The minimum absolute atomic E-state index is 0.127. The SMILES string of the molecule is Cc1oc(-c2ccccc2)nc1C(O)COc1ccc(CC2CSCN2)cc1. The van der Waals surface area contributed by atoms with Crippen LogP contribution in [0, 0.1) is 6.92 Å². The Morgan fingerprint density at radius 1 is 1.21 bits per heavy atom. The zero-order chi connectivity index (χ0) is 19.3. The van der Waals surface area contributed by atoms with Gasteiger partial charge < -0.3 is 19.6 Å². The number of aromatic nitrogens is 1. The molecule has 146 valence electrons. The monoisotopic (exact) mass is 396 g/mol. The van der Waals surface area contributed by atoms with Crippen LogP contribution in [-0.4, -0.2) is 34.4 Å². The second-order valence-electron chi connectivity index (χ2n) is 6.92. The molecule has 28 heavy (non-hydrogen) atoms. The average Bonchev–Trinajstić information content (AvgIpc) is 3.37. The number of nitrogens with zero attached hydrogens (tertiary/aromatic N) is 1. The van der Waals surface area contributed by atoms with Gasteiger partial charge in [-0.2, -0.15) is 0 Å². The van der Waals surface area contributed by atoms with E-state index in [2.05, 4.69) is 22.4 Å². The van der Waals surface area contributed by atoms with Crippen LogP contribution in [0.2, 0.25) is 0 Å². The van der Waals surface area contributed by atoms with Crippen LogP contribution >= 0.6 is 11.8 Å². The summed E-state index contributed by atoms with van der Waals surface area (Å²) in [7, 11) is 0. The third kappa shape index (κ3) is 4.58. The van der Waals surface area contributed by atoms with Crippen molar-refractivity contribution in [3.8, 4) is 17.2 Å². The fourth-order valence-corrected chi connectivity index (χ4v) is 4.24. The standard InChI is InChI=1S/C22H24N2O3S/c1-15-21(24-22(27-15)17-5-3-2-4-6-17)20(25)12-26-19-9-7-16(8-10-19)11-18-13-28-14-23-18/h2-10,18,20,23,25H,11-14H2,1H3. The Morgan fingerprint density at radius 3 is 2.71 bits per heavy atom. The highest BCUT2D eigenvalue weighted by atomic mass is 32.2. The van der Waals surface area contributed by atoms with Crippen LogP contribution in [0.5, 0.6) is 5.75 Å². The van der Waals surface area contributed by atoms with Gasteiger partial charge in [0.1, 0.15) is 29.9 Å². The van der Waals surface area contributed by atoms with Gasteiger partial charge >= 0.3 is 0 Å². The van der Waals surface area contributed by atoms with Crippen molar-refractivity contribution in [2.45, 2.75) is 25.5 Å². The summed E-state index contributed by atoms with van der Waals surface area (Å²) in [4.78, 5) is 4.46. The van der Waals surface area contributed by atoms with Gasteiger partial charge in [0.25, 0.3) is 0 Å². The zero-order valence-electron chi connectivity index (χ0n) is 15.8. The van der Waals surface area contributed by atoms with E-state index < -0.39 is 6.10 Å². The lowest BCUT2D eigenvalue weighted by atomic mass is 10.1. The van der Waals surface area contributed by atoms with E-state index in [4.69, 9.17) is 9.15 Å². The Labute approximate surface area is 169 Å².